The highest BCUT2D eigenvalue weighted by molar-refractivity contribution is 6.45. The van der Waals surface area contributed by atoms with Crippen molar-refractivity contribution in [2.75, 3.05) is 7.11 Å². The van der Waals surface area contributed by atoms with E-state index in [1.807, 2.05) is 31.2 Å². The second-order valence-electron chi connectivity index (χ2n) is 3.04. The van der Waals surface area contributed by atoms with Gasteiger partial charge in [0.2, 0.25) is 0 Å². The van der Waals surface area contributed by atoms with Crippen LogP contribution in [0.4, 0.5) is 0 Å². The van der Waals surface area contributed by atoms with Gasteiger partial charge in [-0.1, -0.05) is 35.0 Å². The molecule has 0 N–H and O–H groups in total. The van der Waals surface area contributed by atoms with Crippen molar-refractivity contribution in [2.45, 2.75) is 13.8 Å². The summed E-state index contributed by atoms with van der Waals surface area (Å²) in [6, 6.07) is 7.58. The lowest BCUT2D eigenvalue weighted by Gasteiger charge is -2.01. The van der Waals surface area contributed by atoms with Crippen molar-refractivity contribution < 1.29 is 9.63 Å². The minimum Gasteiger partial charge on any atom is -0.399 e. The van der Waals surface area contributed by atoms with Gasteiger partial charge in [0.25, 0.3) is 0 Å². The molecule has 0 saturated carbocycles. The van der Waals surface area contributed by atoms with Crippen molar-refractivity contribution >= 4 is 11.5 Å². The molecule has 74 valence electrons. The Hall–Kier alpha value is -1.64. The van der Waals surface area contributed by atoms with Crippen molar-refractivity contribution in [3.8, 4) is 0 Å². The van der Waals surface area contributed by atoms with Crippen LogP contribution in [0.5, 0.6) is 0 Å². The van der Waals surface area contributed by atoms with E-state index in [1.54, 1.807) is 0 Å². The van der Waals surface area contributed by atoms with Gasteiger partial charge in [0, 0.05) is 12.5 Å². The first kappa shape index (κ1) is 10.4. The number of ketones is 1. The third-order valence-electron chi connectivity index (χ3n) is 1.84. The maximum Gasteiger partial charge on any atom is 0.182 e. The van der Waals surface area contributed by atoms with E-state index in [0.29, 0.717) is 5.71 Å². The molecule has 14 heavy (non-hydrogen) atoms. The highest BCUT2D eigenvalue weighted by Crippen LogP contribution is 2.05. The van der Waals surface area contributed by atoms with Gasteiger partial charge in [0.15, 0.2) is 11.5 Å². The van der Waals surface area contributed by atoms with E-state index >= 15 is 0 Å². The van der Waals surface area contributed by atoms with Gasteiger partial charge in [-0.15, -0.1) is 0 Å². The summed E-state index contributed by atoms with van der Waals surface area (Å²) >= 11 is 0. The van der Waals surface area contributed by atoms with Crippen LogP contribution in [-0.4, -0.2) is 18.6 Å². The van der Waals surface area contributed by atoms with Crippen LogP contribution in [0.25, 0.3) is 0 Å². The topological polar surface area (TPSA) is 38.7 Å². The van der Waals surface area contributed by atoms with Gasteiger partial charge in [0.1, 0.15) is 7.11 Å². The van der Waals surface area contributed by atoms with E-state index < -0.39 is 0 Å². The summed E-state index contributed by atoms with van der Waals surface area (Å²) in [7, 11) is 1.43. The molecule has 0 spiro atoms. The summed E-state index contributed by atoms with van der Waals surface area (Å²) in [6.07, 6.45) is 0. The standard InChI is InChI=1S/C11H13NO2/c1-8-4-6-10(7-5-8)11(9(2)13)12-14-3/h4-7H,1-3H3. The first-order valence-electron chi connectivity index (χ1n) is 4.34. The van der Waals surface area contributed by atoms with Crippen molar-refractivity contribution in [3.63, 3.8) is 0 Å². The molecule has 3 heteroatoms. The molecule has 1 aromatic carbocycles. The third-order valence-corrected chi connectivity index (χ3v) is 1.84. The number of carbonyl (C=O) groups excluding carboxylic acids is 1. The maximum absolute atomic E-state index is 11.2. The molecular formula is C11H13NO2. The molecule has 3 nitrogen and oxygen atoms in total. The lowest BCUT2D eigenvalue weighted by Crippen LogP contribution is -2.11. The molecule has 0 aliphatic heterocycles. The molecule has 0 saturated heterocycles. The molecule has 0 aliphatic carbocycles. The van der Waals surface area contributed by atoms with Crippen LogP contribution in [0.15, 0.2) is 29.4 Å². The Balaban J connectivity index is 3.06. The molecule has 0 heterocycles. The second-order valence-corrected chi connectivity index (χ2v) is 3.04. The van der Waals surface area contributed by atoms with Crippen LogP contribution in [0.2, 0.25) is 0 Å². The first-order valence-corrected chi connectivity index (χ1v) is 4.34. The molecule has 0 aromatic heterocycles. The first-order chi connectivity index (χ1) is 6.65. The van der Waals surface area contributed by atoms with Gasteiger partial charge in [-0.05, 0) is 6.92 Å². The van der Waals surface area contributed by atoms with E-state index in [0.717, 1.165) is 11.1 Å². The van der Waals surface area contributed by atoms with E-state index in [1.165, 1.54) is 14.0 Å². The van der Waals surface area contributed by atoms with Crippen molar-refractivity contribution in [1.82, 2.24) is 0 Å². The lowest BCUT2D eigenvalue weighted by atomic mass is 10.1. The van der Waals surface area contributed by atoms with Crippen LogP contribution >= 0.6 is 0 Å². The van der Waals surface area contributed by atoms with Crippen LogP contribution in [0.3, 0.4) is 0 Å². The lowest BCUT2D eigenvalue weighted by molar-refractivity contribution is -0.111. The number of benzene rings is 1. The van der Waals surface area contributed by atoms with Gasteiger partial charge in [-0.25, -0.2) is 0 Å². The Morgan fingerprint density at radius 3 is 2.29 bits per heavy atom. The highest BCUT2D eigenvalue weighted by Gasteiger charge is 2.09. The summed E-state index contributed by atoms with van der Waals surface area (Å²) in [4.78, 5) is 15.8. The number of hydrogen-bond acceptors (Lipinski definition) is 3. The largest absolute Gasteiger partial charge is 0.399 e. The fraction of sp³-hybridized carbons (Fsp3) is 0.273. The number of carbonyl (C=O) groups is 1. The van der Waals surface area contributed by atoms with E-state index in [4.69, 9.17) is 0 Å². The zero-order valence-electron chi connectivity index (χ0n) is 8.57. The predicted molar refractivity (Wildman–Crippen MR) is 55.4 cm³/mol. The molecule has 0 amide bonds. The summed E-state index contributed by atoms with van der Waals surface area (Å²) in [5.74, 6) is -0.101. The molecule has 1 aromatic rings. The number of nitrogens with zero attached hydrogens (tertiary/aromatic N) is 1. The average Bonchev–Trinajstić information content (AvgIpc) is 2.15. The Morgan fingerprint density at radius 1 is 1.29 bits per heavy atom. The molecule has 0 unspecified atom stereocenters. The molecule has 0 bridgehead atoms. The molecule has 0 radical (unpaired) electrons. The number of oxime groups is 1. The van der Waals surface area contributed by atoms with Crippen molar-refractivity contribution in [3.05, 3.63) is 35.4 Å². The van der Waals surface area contributed by atoms with Gasteiger partial charge in [-0.2, -0.15) is 0 Å². The van der Waals surface area contributed by atoms with E-state index in [-0.39, 0.29) is 5.78 Å². The summed E-state index contributed by atoms with van der Waals surface area (Å²) in [5, 5.41) is 3.69. The molecule has 0 atom stereocenters. The monoisotopic (exact) mass is 191 g/mol. The summed E-state index contributed by atoms with van der Waals surface area (Å²) in [6.45, 7) is 3.46. The normalized spacial score (nSPS) is 11.2. The number of aryl methyl sites for hydroxylation is 1. The van der Waals surface area contributed by atoms with Gasteiger partial charge < -0.3 is 4.84 Å². The summed E-state index contributed by atoms with van der Waals surface area (Å²) < 4.78 is 0. The number of rotatable bonds is 3. The second kappa shape index (κ2) is 4.56. The molecule has 0 fully saturated rings. The Morgan fingerprint density at radius 2 is 1.86 bits per heavy atom. The maximum atomic E-state index is 11.2. The smallest absolute Gasteiger partial charge is 0.182 e. The van der Waals surface area contributed by atoms with Crippen LogP contribution < -0.4 is 0 Å². The number of hydrogen-bond donors (Lipinski definition) is 0. The van der Waals surface area contributed by atoms with Crippen LogP contribution in [-0.2, 0) is 9.63 Å². The van der Waals surface area contributed by atoms with Gasteiger partial charge >= 0.3 is 0 Å². The fourth-order valence-corrected chi connectivity index (χ4v) is 1.12. The van der Waals surface area contributed by atoms with Crippen LogP contribution in [0, 0.1) is 6.92 Å². The quantitative estimate of drug-likeness (QED) is 0.541. The van der Waals surface area contributed by atoms with E-state index in [9.17, 15) is 4.79 Å². The molecule has 1 rings (SSSR count). The van der Waals surface area contributed by atoms with Crippen molar-refractivity contribution in [2.24, 2.45) is 5.16 Å². The summed E-state index contributed by atoms with van der Waals surface area (Å²) in [5.41, 5.74) is 2.28. The van der Waals surface area contributed by atoms with E-state index in [2.05, 4.69) is 9.99 Å². The zero-order chi connectivity index (χ0) is 10.6. The molecule has 0 aliphatic rings. The van der Waals surface area contributed by atoms with Crippen LogP contribution in [0.1, 0.15) is 18.1 Å². The minimum absolute atomic E-state index is 0.101. The Bertz CT molecular complexity index is 352. The van der Waals surface area contributed by atoms with Gasteiger partial charge in [-0.3, -0.25) is 4.79 Å². The zero-order valence-corrected chi connectivity index (χ0v) is 8.57. The Kier molecular flexibility index (Phi) is 3.40. The fourth-order valence-electron chi connectivity index (χ4n) is 1.12. The Labute approximate surface area is 83.4 Å². The highest BCUT2D eigenvalue weighted by atomic mass is 16.6. The molecular weight excluding hydrogens is 178 g/mol. The minimum atomic E-state index is -0.101. The van der Waals surface area contributed by atoms with Crippen molar-refractivity contribution in [1.29, 1.82) is 0 Å². The van der Waals surface area contributed by atoms with Gasteiger partial charge in [0.05, 0.1) is 0 Å². The SMILES string of the molecule is CON=C(C(C)=O)c1ccc(C)cc1. The average molecular weight is 191 g/mol. The predicted octanol–water partition coefficient (Wildman–Crippen LogP) is 1.93. The number of Topliss-reactive ketones (excluding diaryl/α,β-unsaturated/α-hetero) is 1. The third kappa shape index (κ3) is 2.42.